The maximum atomic E-state index is 13.5. The van der Waals surface area contributed by atoms with Crippen molar-refractivity contribution in [1.29, 1.82) is 5.26 Å². The summed E-state index contributed by atoms with van der Waals surface area (Å²) >= 11 is 1.16. The lowest BCUT2D eigenvalue weighted by atomic mass is 10.3. The lowest BCUT2D eigenvalue weighted by Crippen LogP contribution is -2.01. The number of hydrogen-bond donors (Lipinski definition) is 0. The lowest BCUT2D eigenvalue weighted by molar-refractivity contribution is 0.599. The van der Waals surface area contributed by atoms with E-state index in [4.69, 9.17) is 5.26 Å². The zero-order valence-electron chi connectivity index (χ0n) is 8.04. The highest BCUT2D eigenvalue weighted by atomic mass is 32.2. The number of aromatic nitrogens is 4. The largest absolute Gasteiger partial charge is 0.215 e. The van der Waals surface area contributed by atoms with E-state index in [0.29, 0.717) is 5.16 Å². The third-order valence-electron chi connectivity index (χ3n) is 1.79. The number of thioether (sulfide) groups is 1. The number of tetrazole rings is 1. The molecule has 0 N–H and O–H groups in total. The molecule has 0 amide bonds. The topological polar surface area (TPSA) is 67.4 Å². The fourth-order valence-corrected chi connectivity index (χ4v) is 1.69. The molecule has 0 aliphatic heterocycles. The minimum absolute atomic E-state index is 0.217. The summed E-state index contributed by atoms with van der Waals surface area (Å²) in [5.74, 6) is -0.192. The summed E-state index contributed by atoms with van der Waals surface area (Å²) in [6, 6.07) is 8.14. The van der Waals surface area contributed by atoms with Crippen molar-refractivity contribution >= 4 is 11.8 Å². The molecule has 0 radical (unpaired) electrons. The summed E-state index contributed by atoms with van der Waals surface area (Å²) in [4.78, 5) is 0. The first-order valence-corrected chi connectivity index (χ1v) is 5.34. The maximum Gasteiger partial charge on any atom is 0.215 e. The molecular weight excluding hydrogens is 229 g/mol. The van der Waals surface area contributed by atoms with Crippen LogP contribution in [-0.4, -0.2) is 26.0 Å². The van der Waals surface area contributed by atoms with Crippen LogP contribution in [0.4, 0.5) is 4.39 Å². The normalized spacial score (nSPS) is 10.0. The quantitative estimate of drug-likeness (QED) is 0.752. The minimum atomic E-state index is -0.409. The lowest BCUT2D eigenvalue weighted by Gasteiger charge is -2.03. The van der Waals surface area contributed by atoms with Gasteiger partial charge in [-0.1, -0.05) is 23.9 Å². The van der Waals surface area contributed by atoms with E-state index in [1.54, 1.807) is 18.2 Å². The predicted octanol–water partition coefficient (Wildman–Crippen LogP) is 1.42. The van der Waals surface area contributed by atoms with E-state index in [-0.39, 0.29) is 11.4 Å². The van der Waals surface area contributed by atoms with Crippen molar-refractivity contribution in [2.75, 3.05) is 5.75 Å². The van der Waals surface area contributed by atoms with E-state index in [9.17, 15) is 4.39 Å². The molecule has 0 fully saturated rings. The van der Waals surface area contributed by atoms with Crippen molar-refractivity contribution in [2.45, 2.75) is 5.16 Å². The van der Waals surface area contributed by atoms with Crippen molar-refractivity contribution < 1.29 is 4.39 Å². The van der Waals surface area contributed by atoms with E-state index >= 15 is 0 Å². The van der Waals surface area contributed by atoms with Gasteiger partial charge in [0.1, 0.15) is 11.5 Å². The van der Waals surface area contributed by atoms with Gasteiger partial charge in [-0.05, 0) is 22.6 Å². The Bertz CT molecular complexity index is 533. The van der Waals surface area contributed by atoms with Gasteiger partial charge in [0.2, 0.25) is 5.16 Å². The predicted molar refractivity (Wildman–Crippen MR) is 55.4 cm³/mol. The average Bonchev–Trinajstić information content (AvgIpc) is 2.75. The van der Waals surface area contributed by atoms with Gasteiger partial charge in [0.05, 0.1) is 11.8 Å². The number of benzene rings is 1. The molecule has 16 heavy (non-hydrogen) atoms. The molecule has 7 heteroatoms. The van der Waals surface area contributed by atoms with Crippen LogP contribution in [0.3, 0.4) is 0 Å². The Morgan fingerprint density at radius 2 is 2.25 bits per heavy atom. The van der Waals surface area contributed by atoms with Gasteiger partial charge in [0.25, 0.3) is 0 Å². The fraction of sp³-hybridized carbons (Fsp3) is 0.111. The molecule has 0 spiro atoms. The molecule has 0 unspecified atom stereocenters. The van der Waals surface area contributed by atoms with Crippen LogP contribution in [0.1, 0.15) is 0 Å². The number of rotatable bonds is 3. The Balaban J connectivity index is 2.38. The molecule has 5 nitrogen and oxygen atoms in total. The van der Waals surface area contributed by atoms with Crippen LogP contribution < -0.4 is 0 Å². The van der Waals surface area contributed by atoms with Crippen LogP contribution >= 0.6 is 11.8 Å². The highest BCUT2D eigenvalue weighted by Gasteiger charge is 2.11. The minimum Gasteiger partial charge on any atom is -0.205 e. The fourth-order valence-electron chi connectivity index (χ4n) is 1.14. The second-order valence-corrected chi connectivity index (χ2v) is 3.71. The first kappa shape index (κ1) is 10.6. The summed E-state index contributed by atoms with van der Waals surface area (Å²) in [6.45, 7) is 0. The van der Waals surface area contributed by atoms with E-state index in [1.165, 1.54) is 10.7 Å². The standard InChI is InChI=1S/C9H6FN5S/c10-7-3-1-2-4-8(7)15-9(12-13-14-15)16-6-5-11/h1-4H,6H2. The third kappa shape index (κ3) is 2.01. The summed E-state index contributed by atoms with van der Waals surface area (Å²) in [6.07, 6.45) is 0. The summed E-state index contributed by atoms with van der Waals surface area (Å²) < 4.78 is 14.7. The average molecular weight is 235 g/mol. The number of para-hydroxylation sites is 1. The van der Waals surface area contributed by atoms with Crippen LogP contribution in [0.15, 0.2) is 29.4 Å². The third-order valence-corrected chi connectivity index (χ3v) is 2.57. The van der Waals surface area contributed by atoms with Gasteiger partial charge in [0, 0.05) is 0 Å². The number of nitriles is 1. The second kappa shape index (κ2) is 4.72. The molecule has 0 saturated heterocycles. The van der Waals surface area contributed by atoms with E-state index in [1.807, 2.05) is 6.07 Å². The molecule has 1 aromatic carbocycles. The highest BCUT2D eigenvalue weighted by molar-refractivity contribution is 7.99. The van der Waals surface area contributed by atoms with Crippen molar-refractivity contribution in [3.05, 3.63) is 30.1 Å². The van der Waals surface area contributed by atoms with Crippen LogP contribution in [0.25, 0.3) is 5.69 Å². The summed E-state index contributed by atoms with van der Waals surface area (Å²) in [5, 5.41) is 19.7. The molecular formula is C9H6FN5S. The Morgan fingerprint density at radius 1 is 1.44 bits per heavy atom. The van der Waals surface area contributed by atoms with E-state index in [2.05, 4.69) is 15.5 Å². The van der Waals surface area contributed by atoms with Crippen LogP contribution in [0, 0.1) is 17.1 Å². The first-order chi connectivity index (χ1) is 7.83. The number of nitrogens with zero attached hydrogens (tertiary/aromatic N) is 5. The van der Waals surface area contributed by atoms with Crippen LogP contribution in [0.5, 0.6) is 0 Å². The van der Waals surface area contributed by atoms with Crippen molar-refractivity contribution in [1.82, 2.24) is 20.2 Å². The molecule has 0 bridgehead atoms. The molecule has 0 aliphatic rings. The summed E-state index contributed by atoms with van der Waals surface area (Å²) in [5.41, 5.74) is 0.271. The van der Waals surface area contributed by atoms with Gasteiger partial charge in [-0.15, -0.1) is 5.10 Å². The van der Waals surface area contributed by atoms with E-state index in [0.717, 1.165) is 11.8 Å². The molecule has 2 rings (SSSR count). The van der Waals surface area contributed by atoms with Crippen molar-refractivity contribution in [2.24, 2.45) is 0 Å². The Hall–Kier alpha value is -1.94. The first-order valence-electron chi connectivity index (χ1n) is 4.36. The molecule has 80 valence electrons. The van der Waals surface area contributed by atoms with E-state index < -0.39 is 5.82 Å². The zero-order chi connectivity index (χ0) is 11.4. The summed E-state index contributed by atoms with van der Waals surface area (Å²) in [7, 11) is 0. The molecule has 0 aliphatic carbocycles. The Labute approximate surface area is 94.9 Å². The van der Waals surface area contributed by atoms with Gasteiger partial charge >= 0.3 is 0 Å². The van der Waals surface area contributed by atoms with Gasteiger partial charge in [-0.2, -0.15) is 9.94 Å². The SMILES string of the molecule is N#CCSc1nnnn1-c1ccccc1F. The van der Waals surface area contributed by atoms with Gasteiger partial charge < -0.3 is 0 Å². The second-order valence-electron chi connectivity index (χ2n) is 2.77. The molecule has 0 saturated carbocycles. The maximum absolute atomic E-state index is 13.5. The monoisotopic (exact) mass is 235 g/mol. The highest BCUT2D eigenvalue weighted by Crippen LogP contribution is 2.19. The number of halogens is 1. The van der Waals surface area contributed by atoms with Crippen LogP contribution in [0.2, 0.25) is 0 Å². The molecule has 0 atom stereocenters. The van der Waals surface area contributed by atoms with Gasteiger partial charge in [-0.3, -0.25) is 0 Å². The van der Waals surface area contributed by atoms with Crippen molar-refractivity contribution in [3.63, 3.8) is 0 Å². The van der Waals surface area contributed by atoms with Crippen molar-refractivity contribution in [3.8, 4) is 11.8 Å². The Kier molecular flexibility index (Phi) is 3.12. The zero-order valence-corrected chi connectivity index (χ0v) is 8.86. The van der Waals surface area contributed by atoms with Gasteiger partial charge in [-0.25, -0.2) is 4.39 Å². The van der Waals surface area contributed by atoms with Crippen LogP contribution in [-0.2, 0) is 0 Å². The molecule has 1 heterocycles. The smallest absolute Gasteiger partial charge is 0.205 e. The molecule has 2 aromatic rings. The van der Waals surface area contributed by atoms with Gasteiger partial charge in [0.15, 0.2) is 0 Å². The Morgan fingerprint density at radius 3 is 3.00 bits per heavy atom. The number of hydrogen-bond acceptors (Lipinski definition) is 5. The molecule has 1 aromatic heterocycles.